The predicted molar refractivity (Wildman–Crippen MR) is 145 cm³/mol. The van der Waals surface area contributed by atoms with Crippen LogP contribution in [0.4, 0.5) is 0 Å². The molecule has 1 unspecified atom stereocenters. The van der Waals surface area contributed by atoms with E-state index in [4.69, 9.17) is 4.74 Å². The molecule has 0 radical (unpaired) electrons. The fourth-order valence-electron chi connectivity index (χ4n) is 6.25. The minimum absolute atomic E-state index is 0.00679. The van der Waals surface area contributed by atoms with Gasteiger partial charge < -0.3 is 18.8 Å². The van der Waals surface area contributed by atoms with Gasteiger partial charge in [0, 0.05) is 52.0 Å². The summed E-state index contributed by atoms with van der Waals surface area (Å²) in [6, 6.07) is 13.6. The number of benzene rings is 2. The summed E-state index contributed by atoms with van der Waals surface area (Å²) in [4.78, 5) is 28.2. The molecule has 1 aliphatic carbocycles. The molecule has 6 rings (SSSR count). The summed E-state index contributed by atoms with van der Waals surface area (Å²) in [5.74, 6) is -0.308. The minimum atomic E-state index is -2.70. The largest absolute Gasteiger partial charge is 0.755 e. The third kappa shape index (κ3) is 4.59. The van der Waals surface area contributed by atoms with Gasteiger partial charge in [0.05, 0.1) is 25.5 Å². The lowest BCUT2D eigenvalue weighted by molar-refractivity contribution is -0.131. The molecular formula is C29H30N3O5S-. The molecule has 3 heterocycles. The van der Waals surface area contributed by atoms with E-state index in [1.54, 1.807) is 12.1 Å². The molecule has 0 spiro atoms. The second-order valence-electron chi connectivity index (χ2n) is 10.2. The zero-order chi connectivity index (χ0) is 26.2. The first-order valence-electron chi connectivity index (χ1n) is 13.2. The summed E-state index contributed by atoms with van der Waals surface area (Å²) in [7, 11) is 0. The van der Waals surface area contributed by atoms with E-state index in [-0.39, 0.29) is 11.5 Å². The molecule has 3 aliphatic rings. The van der Waals surface area contributed by atoms with Crippen molar-refractivity contribution in [2.45, 2.75) is 44.6 Å². The minimum Gasteiger partial charge on any atom is -0.755 e. The Bertz CT molecular complexity index is 1460. The van der Waals surface area contributed by atoms with Gasteiger partial charge in [0.15, 0.2) is 0 Å². The van der Waals surface area contributed by atoms with E-state index in [9.17, 15) is 18.4 Å². The Morgan fingerprint density at radius 3 is 2.55 bits per heavy atom. The van der Waals surface area contributed by atoms with Gasteiger partial charge in [0.25, 0.3) is 11.8 Å². The first kappa shape index (κ1) is 25.0. The van der Waals surface area contributed by atoms with Crippen molar-refractivity contribution in [2.75, 3.05) is 26.3 Å². The lowest BCUT2D eigenvalue weighted by Crippen LogP contribution is -2.41. The second-order valence-corrected chi connectivity index (χ2v) is 10.9. The predicted octanol–water partition coefficient (Wildman–Crippen LogP) is 4.14. The van der Waals surface area contributed by atoms with Gasteiger partial charge in [-0.3, -0.25) is 18.5 Å². The van der Waals surface area contributed by atoms with Gasteiger partial charge in [-0.25, -0.2) is 0 Å². The van der Waals surface area contributed by atoms with E-state index >= 15 is 0 Å². The smallest absolute Gasteiger partial charge is 0.262 e. The van der Waals surface area contributed by atoms with Crippen LogP contribution in [0.15, 0.2) is 48.0 Å². The van der Waals surface area contributed by atoms with Crippen molar-refractivity contribution < 1.29 is 23.1 Å². The Morgan fingerprint density at radius 1 is 1.03 bits per heavy atom. The first-order valence-corrected chi connectivity index (χ1v) is 14.3. The van der Waals surface area contributed by atoms with Crippen LogP contribution in [-0.4, -0.2) is 56.3 Å². The molecule has 1 aromatic heterocycles. The number of fused-ring (bicyclic) bond motifs is 5. The molecule has 9 heteroatoms. The number of morpholine rings is 1. The van der Waals surface area contributed by atoms with E-state index in [0.29, 0.717) is 44.3 Å². The number of hydrogen-bond acceptors (Lipinski definition) is 5. The van der Waals surface area contributed by atoms with Crippen LogP contribution < -0.4 is 4.72 Å². The second kappa shape index (κ2) is 10.5. The molecule has 2 fully saturated rings. The summed E-state index contributed by atoms with van der Waals surface area (Å²) in [5.41, 5.74) is 6.21. The molecule has 38 heavy (non-hydrogen) atoms. The first-order chi connectivity index (χ1) is 18.5. The highest BCUT2D eigenvalue weighted by molar-refractivity contribution is 7.77. The number of hydrogen-bond donors (Lipinski definition) is 1. The van der Waals surface area contributed by atoms with Gasteiger partial charge in [-0.1, -0.05) is 49.6 Å². The molecule has 2 aliphatic heterocycles. The zero-order valence-electron chi connectivity index (χ0n) is 21.1. The maximum absolute atomic E-state index is 13.7. The Balaban J connectivity index is 1.56. The molecular weight excluding hydrogens is 502 g/mol. The fraction of sp³-hybridized carbons (Fsp3) is 0.379. The molecule has 0 bridgehead atoms. The van der Waals surface area contributed by atoms with Crippen LogP contribution in [0.2, 0.25) is 0 Å². The summed E-state index contributed by atoms with van der Waals surface area (Å²) >= 11 is -2.70. The topological polar surface area (TPSA) is 104 Å². The highest BCUT2D eigenvalue weighted by Gasteiger charge is 2.31. The average Bonchev–Trinajstić information content (AvgIpc) is 3.15. The third-order valence-electron chi connectivity index (χ3n) is 8.00. The third-order valence-corrected chi connectivity index (χ3v) is 8.35. The molecule has 1 N–H and O–H groups in total. The summed E-state index contributed by atoms with van der Waals surface area (Å²) in [5, 5.41) is 1.06. The number of rotatable bonds is 4. The van der Waals surface area contributed by atoms with Crippen molar-refractivity contribution in [3.8, 4) is 11.3 Å². The summed E-state index contributed by atoms with van der Waals surface area (Å²) in [6.07, 6.45) is 7.78. The molecule has 3 aromatic rings. The Labute approximate surface area is 224 Å². The number of carbonyl (C=O) groups excluding carboxylic acids is 2. The van der Waals surface area contributed by atoms with Gasteiger partial charge >= 0.3 is 0 Å². The SMILES string of the molecule is O=C(NS(=O)[O-])c1ccc2c(C3CCCCC3)c3n(c2c1)CC(C(=O)N1CCOCC1)=Cc1ccccc1-3. The number of carbonyl (C=O) groups is 2. The lowest BCUT2D eigenvalue weighted by Gasteiger charge is -2.28. The number of aromatic nitrogens is 1. The highest BCUT2D eigenvalue weighted by Crippen LogP contribution is 2.46. The van der Waals surface area contributed by atoms with Gasteiger partial charge in [0.1, 0.15) is 0 Å². The van der Waals surface area contributed by atoms with E-state index in [2.05, 4.69) is 16.7 Å². The molecule has 8 nitrogen and oxygen atoms in total. The van der Waals surface area contributed by atoms with Crippen LogP contribution in [-0.2, 0) is 27.3 Å². The van der Waals surface area contributed by atoms with Crippen LogP contribution in [0.5, 0.6) is 0 Å². The van der Waals surface area contributed by atoms with Crippen LogP contribution in [0, 0.1) is 0 Å². The van der Waals surface area contributed by atoms with Gasteiger partial charge in [0.2, 0.25) is 0 Å². The van der Waals surface area contributed by atoms with Crippen molar-refractivity contribution in [1.82, 2.24) is 14.2 Å². The average molecular weight is 533 g/mol. The molecule has 2 amide bonds. The number of ether oxygens (including phenoxy) is 1. The highest BCUT2D eigenvalue weighted by atomic mass is 32.2. The van der Waals surface area contributed by atoms with Crippen LogP contribution in [0.3, 0.4) is 0 Å². The molecule has 2 aromatic carbocycles. The van der Waals surface area contributed by atoms with Crippen molar-refractivity contribution in [1.29, 1.82) is 0 Å². The van der Waals surface area contributed by atoms with Crippen molar-refractivity contribution in [2.24, 2.45) is 0 Å². The van der Waals surface area contributed by atoms with Gasteiger partial charge in [-0.2, -0.15) is 0 Å². The van der Waals surface area contributed by atoms with E-state index in [0.717, 1.165) is 40.6 Å². The van der Waals surface area contributed by atoms with Gasteiger partial charge in [-0.05, 0) is 48.1 Å². The van der Waals surface area contributed by atoms with Crippen molar-refractivity contribution in [3.05, 3.63) is 64.7 Å². The van der Waals surface area contributed by atoms with Crippen molar-refractivity contribution >= 4 is 40.1 Å². The summed E-state index contributed by atoms with van der Waals surface area (Å²) < 4.78 is 31.9. The Kier molecular flexibility index (Phi) is 6.90. The van der Waals surface area contributed by atoms with E-state index in [1.165, 1.54) is 24.8 Å². The molecule has 1 atom stereocenters. The number of nitrogens with one attached hydrogen (secondary N) is 1. The van der Waals surface area contributed by atoms with Gasteiger partial charge in [-0.15, -0.1) is 0 Å². The Hall–Kier alpha value is -3.27. The maximum atomic E-state index is 13.7. The number of amides is 2. The monoisotopic (exact) mass is 532 g/mol. The van der Waals surface area contributed by atoms with Crippen molar-refractivity contribution in [3.63, 3.8) is 0 Å². The Morgan fingerprint density at radius 2 is 1.79 bits per heavy atom. The quantitative estimate of drug-likeness (QED) is 0.509. The van der Waals surface area contributed by atoms with Crippen LogP contribution >= 0.6 is 0 Å². The van der Waals surface area contributed by atoms with Crippen LogP contribution in [0.25, 0.3) is 28.2 Å². The van der Waals surface area contributed by atoms with E-state index < -0.39 is 17.2 Å². The van der Waals surface area contributed by atoms with Crippen LogP contribution in [0.1, 0.15) is 59.5 Å². The normalized spacial score (nSPS) is 18.8. The number of nitrogens with zero attached hydrogens (tertiary/aromatic N) is 2. The molecule has 198 valence electrons. The molecule has 1 saturated heterocycles. The summed E-state index contributed by atoms with van der Waals surface area (Å²) in [6.45, 7) is 2.53. The standard InChI is InChI=1S/C29H31N3O5S/c33-28(30-38(35)36)21-10-11-24-25(17-21)32-18-22(29(34)31-12-14-37-15-13-31)16-20-8-4-5-9-23(20)27(32)26(24)19-6-2-1-3-7-19/h4-5,8-11,16-17,19H,1-3,6-7,12-15,18H2,(H,30,33)(H,35,36)/p-1. The van der Waals surface area contributed by atoms with E-state index in [1.807, 2.05) is 33.9 Å². The molecule has 1 saturated carbocycles. The zero-order valence-corrected chi connectivity index (χ0v) is 21.9. The fourth-order valence-corrected chi connectivity index (χ4v) is 6.52. The lowest BCUT2D eigenvalue weighted by atomic mass is 9.81. The maximum Gasteiger partial charge on any atom is 0.262 e.